The summed E-state index contributed by atoms with van der Waals surface area (Å²) in [5.74, 6) is -0.426. The molecular weight excluding hydrogens is 624 g/mol. The van der Waals surface area contributed by atoms with Gasteiger partial charge in [-0.3, -0.25) is 14.5 Å². The van der Waals surface area contributed by atoms with E-state index < -0.39 is 35.3 Å². The van der Waals surface area contributed by atoms with Crippen molar-refractivity contribution in [2.75, 3.05) is 25.2 Å². The van der Waals surface area contributed by atoms with E-state index in [2.05, 4.69) is 11.4 Å². The largest absolute Gasteiger partial charge is 0.482 e. The van der Waals surface area contributed by atoms with E-state index in [0.717, 1.165) is 10.9 Å². The van der Waals surface area contributed by atoms with Crippen LogP contribution in [0.15, 0.2) is 72.8 Å². The second-order valence-corrected chi connectivity index (χ2v) is 13.4. The molecule has 1 fully saturated rings. The Bertz CT molecular complexity index is 1940. The van der Waals surface area contributed by atoms with Crippen LogP contribution in [0.5, 0.6) is 5.75 Å². The molecule has 6 rings (SSSR count). The first-order valence-corrected chi connectivity index (χ1v) is 16.3. The number of anilines is 1. The molecule has 1 saturated heterocycles. The average Bonchev–Trinajstić information content (AvgIpc) is 3.42. The predicted octanol–water partition coefficient (Wildman–Crippen LogP) is 5.11. The van der Waals surface area contributed by atoms with Crippen molar-refractivity contribution >= 4 is 34.5 Å². The molecule has 3 amide bonds. The molecule has 1 spiro atoms. The quantitative estimate of drug-likeness (QED) is 0.300. The van der Waals surface area contributed by atoms with Crippen molar-refractivity contribution in [3.05, 3.63) is 84.1 Å². The average molecular weight is 665 g/mol. The van der Waals surface area contributed by atoms with Crippen molar-refractivity contribution in [1.82, 2.24) is 20.0 Å². The molecule has 3 heterocycles. The summed E-state index contributed by atoms with van der Waals surface area (Å²) in [7, 11) is 1.49. The third-order valence-corrected chi connectivity index (χ3v) is 9.00. The van der Waals surface area contributed by atoms with Crippen molar-refractivity contribution in [2.45, 2.75) is 70.4 Å². The van der Waals surface area contributed by atoms with Gasteiger partial charge in [-0.15, -0.1) is 0 Å². The number of hydrogen-bond donors (Lipinski definition) is 1. The highest BCUT2D eigenvalue weighted by Gasteiger charge is 2.52. The molecular formula is C37H40N6O6. The predicted molar refractivity (Wildman–Crippen MR) is 182 cm³/mol. The molecule has 2 atom stereocenters. The van der Waals surface area contributed by atoms with E-state index in [-0.39, 0.29) is 12.5 Å². The van der Waals surface area contributed by atoms with Gasteiger partial charge in [-0.2, -0.15) is 10.4 Å². The Balaban J connectivity index is 1.40. The van der Waals surface area contributed by atoms with Crippen molar-refractivity contribution in [3.8, 4) is 17.5 Å². The number of likely N-dealkylation sites (N-methyl/N-ethyl adjacent to an activating group) is 1. The zero-order valence-corrected chi connectivity index (χ0v) is 28.3. The number of para-hydroxylation sites is 4. The van der Waals surface area contributed by atoms with Gasteiger partial charge >= 0.3 is 6.09 Å². The van der Waals surface area contributed by atoms with Crippen molar-refractivity contribution < 1.29 is 28.6 Å². The SMILES string of the molecule is C[C@@H](C(=O)N[C@@H]1C(=O)N(Cc2nn(-c3ccccc3C#N)c3ccccc23)c2ccccc2OC12CCOCC2)N(C)C(=O)OC(C)(C)C. The number of rotatable bonds is 6. The number of carbonyl (C=O) groups excluding carboxylic acids is 3. The van der Waals surface area contributed by atoms with Crippen molar-refractivity contribution in [3.63, 3.8) is 0 Å². The Morgan fingerprint density at radius 1 is 1.06 bits per heavy atom. The maximum atomic E-state index is 15.0. The zero-order valence-electron chi connectivity index (χ0n) is 28.3. The van der Waals surface area contributed by atoms with Gasteiger partial charge in [0.2, 0.25) is 5.91 Å². The van der Waals surface area contributed by atoms with E-state index >= 15 is 0 Å². The first kappa shape index (κ1) is 33.5. The second-order valence-electron chi connectivity index (χ2n) is 13.4. The third kappa shape index (κ3) is 6.54. The Labute approximate surface area is 285 Å². The van der Waals surface area contributed by atoms with Gasteiger partial charge in [0.15, 0.2) is 0 Å². The van der Waals surface area contributed by atoms with Crippen LogP contribution in [0.2, 0.25) is 0 Å². The first-order chi connectivity index (χ1) is 23.4. The van der Waals surface area contributed by atoms with Gasteiger partial charge in [-0.25, -0.2) is 9.48 Å². The minimum absolute atomic E-state index is 0.0494. The van der Waals surface area contributed by atoms with Crippen molar-refractivity contribution in [1.29, 1.82) is 5.26 Å². The lowest BCUT2D eigenvalue weighted by Gasteiger charge is -2.42. The van der Waals surface area contributed by atoms with Crippen LogP contribution >= 0.6 is 0 Å². The second kappa shape index (κ2) is 13.2. The molecule has 12 heteroatoms. The molecule has 3 aromatic carbocycles. The minimum Gasteiger partial charge on any atom is -0.482 e. The number of nitrogens with one attached hydrogen (secondary N) is 1. The normalized spacial score (nSPS) is 17.8. The number of nitriles is 1. The van der Waals surface area contributed by atoms with Gasteiger partial charge in [-0.1, -0.05) is 42.5 Å². The number of hydrogen-bond acceptors (Lipinski definition) is 8. The number of amides is 3. The molecule has 2 aliphatic heterocycles. The number of ether oxygens (including phenoxy) is 3. The summed E-state index contributed by atoms with van der Waals surface area (Å²) >= 11 is 0. The summed E-state index contributed by atoms with van der Waals surface area (Å²) in [4.78, 5) is 44.5. The molecule has 0 radical (unpaired) electrons. The van der Waals surface area contributed by atoms with Crippen LogP contribution in [0.25, 0.3) is 16.6 Å². The number of aromatic nitrogens is 2. The summed E-state index contributed by atoms with van der Waals surface area (Å²) in [5.41, 5.74) is 1.11. The number of benzene rings is 3. The maximum Gasteiger partial charge on any atom is 0.410 e. The first-order valence-electron chi connectivity index (χ1n) is 16.3. The lowest BCUT2D eigenvalue weighted by Crippen LogP contribution is -2.65. The molecule has 254 valence electrons. The van der Waals surface area contributed by atoms with E-state index in [1.54, 1.807) is 49.4 Å². The molecule has 1 aromatic heterocycles. The fraction of sp³-hybridized carbons (Fsp3) is 0.378. The highest BCUT2D eigenvalue weighted by molar-refractivity contribution is 6.03. The van der Waals surface area contributed by atoms with E-state index in [4.69, 9.17) is 19.3 Å². The van der Waals surface area contributed by atoms with Crippen LogP contribution in [0.4, 0.5) is 10.5 Å². The van der Waals surface area contributed by atoms with E-state index in [0.29, 0.717) is 54.4 Å². The Morgan fingerprint density at radius 3 is 2.43 bits per heavy atom. The zero-order chi connectivity index (χ0) is 34.9. The lowest BCUT2D eigenvalue weighted by atomic mass is 9.84. The van der Waals surface area contributed by atoms with Crippen molar-refractivity contribution in [2.24, 2.45) is 0 Å². The molecule has 49 heavy (non-hydrogen) atoms. The van der Waals surface area contributed by atoms with Crippen LogP contribution in [0.3, 0.4) is 0 Å². The van der Waals surface area contributed by atoms with E-state index in [9.17, 15) is 19.6 Å². The molecule has 4 aromatic rings. The van der Waals surface area contributed by atoms with Gasteiger partial charge in [0.25, 0.3) is 5.91 Å². The number of nitrogens with zero attached hydrogens (tertiary/aromatic N) is 5. The van der Waals surface area contributed by atoms with Gasteiger partial charge in [-0.05, 0) is 58.0 Å². The number of carbonyl (C=O) groups is 3. The molecule has 0 aliphatic carbocycles. The van der Waals surface area contributed by atoms with Gasteiger partial charge in [0, 0.05) is 25.3 Å². The van der Waals surface area contributed by atoms with Gasteiger partial charge < -0.3 is 24.4 Å². The fourth-order valence-corrected chi connectivity index (χ4v) is 6.27. The summed E-state index contributed by atoms with van der Waals surface area (Å²) in [5, 5.41) is 18.6. The lowest BCUT2D eigenvalue weighted by molar-refractivity contribution is -0.139. The van der Waals surface area contributed by atoms with Crippen LogP contribution in [0.1, 0.15) is 51.8 Å². The monoisotopic (exact) mass is 664 g/mol. The summed E-state index contributed by atoms with van der Waals surface area (Å²) in [6.45, 7) is 7.56. The van der Waals surface area contributed by atoms with Crippen LogP contribution in [-0.4, -0.2) is 76.1 Å². The fourth-order valence-electron chi connectivity index (χ4n) is 6.27. The number of fused-ring (bicyclic) bond motifs is 2. The minimum atomic E-state index is -1.13. The Kier molecular flexibility index (Phi) is 9.05. The highest BCUT2D eigenvalue weighted by atomic mass is 16.6. The maximum absolute atomic E-state index is 15.0. The van der Waals surface area contributed by atoms with Gasteiger partial charge in [0.05, 0.1) is 47.9 Å². The standard InChI is InChI=1S/C37H40N6O6/c1-24(41(5)35(46)49-36(2,3)4)33(44)39-32-34(45)42(30-16-10-11-17-31(30)48-37(32)18-20-47-21-19-37)23-27-26-13-7-9-15-29(26)43(40-27)28-14-8-6-12-25(28)22-38/h6-17,24,32H,18-21,23H2,1-5H3,(H,39,44)/t24-,32+/m0/s1. The van der Waals surface area contributed by atoms with Crippen LogP contribution in [0, 0.1) is 11.3 Å². The summed E-state index contributed by atoms with van der Waals surface area (Å²) in [6, 6.07) is 22.3. The van der Waals surface area contributed by atoms with Crippen LogP contribution in [-0.2, 0) is 25.6 Å². The third-order valence-electron chi connectivity index (χ3n) is 9.00. The Morgan fingerprint density at radius 2 is 1.71 bits per heavy atom. The van der Waals surface area contributed by atoms with Crippen LogP contribution < -0.4 is 15.0 Å². The molecule has 1 N–H and O–H groups in total. The molecule has 0 bridgehead atoms. The molecule has 2 aliphatic rings. The molecule has 12 nitrogen and oxygen atoms in total. The van der Waals surface area contributed by atoms with E-state index in [1.165, 1.54) is 11.9 Å². The summed E-state index contributed by atoms with van der Waals surface area (Å²) < 4.78 is 19.7. The highest BCUT2D eigenvalue weighted by Crippen LogP contribution is 2.42. The summed E-state index contributed by atoms with van der Waals surface area (Å²) in [6.07, 6.45) is 0.0452. The van der Waals surface area contributed by atoms with E-state index in [1.807, 2.05) is 60.7 Å². The Hall–Kier alpha value is -5.41. The molecule has 0 unspecified atom stereocenters. The topological polar surface area (TPSA) is 139 Å². The van der Waals surface area contributed by atoms with Gasteiger partial charge in [0.1, 0.15) is 35.1 Å². The molecule has 0 saturated carbocycles. The smallest absolute Gasteiger partial charge is 0.410 e.